The number of anilines is 4. The number of amides is 1. The van der Waals surface area contributed by atoms with E-state index in [4.69, 9.17) is 9.72 Å². The zero-order chi connectivity index (χ0) is 31.1. The molecule has 44 heavy (non-hydrogen) atoms. The maximum absolute atomic E-state index is 13.0. The summed E-state index contributed by atoms with van der Waals surface area (Å²) in [5.74, 6) is 0.593. The second-order valence-corrected chi connectivity index (χ2v) is 12.3. The Hall–Kier alpha value is -4.58. The van der Waals surface area contributed by atoms with Gasteiger partial charge in [-0.2, -0.15) is 10.1 Å². The third-order valence-electron chi connectivity index (χ3n) is 8.92. The van der Waals surface area contributed by atoms with Crippen LogP contribution in [0.5, 0.6) is 0 Å². The zero-order valence-electron chi connectivity index (χ0n) is 25.9. The molecule has 0 atom stereocenters. The van der Waals surface area contributed by atoms with Gasteiger partial charge in [0.2, 0.25) is 5.95 Å². The Morgan fingerprint density at radius 1 is 1.07 bits per heavy atom. The highest BCUT2D eigenvalue weighted by Crippen LogP contribution is 2.49. The van der Waals surface area contributed by atoms with Gasteiger partial charge >= 0.3 is 5.97 Å². The van der Waals surface area contributed by atoms with Crippen molar-refractivity contribution < 1.29 is 14.3 Å². The Bertz CT molecular complexity index is 1730. The Kier molecular flexibility index (Phi) is 7.70. The van der Waals surface area contributed by atoms with Crippen LogP contribution in [0.15, 0.2) is 42.7 Å². The molecule has 4 heterocycles. The first kappa shape index (κ1) is 29.5. The van der Waals surface area contributed by atoms with Gasteiger partial charge in [-0.25, -0.2) is 9.67 Å². The van der Waals surface area contributed by atoms with Crippen LogP contribution < -0.4 is 16.0 Å². The van der Waals surface area contributed by atoms with Gasteiger partial charge in [0, 0.05) is 43.8 Å². The molecule has 4 aromatic rings. The first-order valence-corrected chi connectivity index (χ1v) is 15.0. The molecule has 1 saturated carbocycles. The van der Waals surface area contributed by atoms with Crippen LogP contribution in [-0.2, 0) is 22.0 Å². The van der Waals surface area contributed by atoms with E-state index < -0.39 is 5.41 Å². The minimum absolute atomic E-state index is 0.161. The minimum Gasteiger partial charge on any atom is -0.468 e. The number of rotatable bonds is 10. The summed E-state index contributed by atoms with van der Waals surface area (Å²) in [6.07, 6.45) is 7.22. The molecule has 0 unspecified atom stereocenters. The number of benzene rings is 1. The highest BCUT2D eigenvalue weighted by molar-refractivity contribution is 5.96. The molecular weight excluding hydrogens is 558 g/mol. The molecule has 6 rings (SSSR count). The second-order valence-electron chi connectivity index (χ2n) is 12.3. The summed E-state index contributed by atoms with van der Waals surface area (Å²) in [6.45, 7) is 8.84. The molecule has 1 amide bonds. The Labute approximate surface area is 256 Å². The number of aryl methyl sites for hydroxylation is 2. The highest BCUT2D eigenvalue weighted by Gasteiger charge is 2.52. The van der Waals surface area contributed by atoms with Crippen molar-refractivity contribution in [3.63, 3.8) is 0 Å². The van der Waals surface area contributed by atoms with Crippen LogP contribution in [-0.4, -0.2) is 73.8 Å². The number of hydrogen-bond acceptors (Lipinski definition) is 10. The van der Waals surface area contributed by atoms with Crippen molar-refractivity contribution in [1.82, 2.24) is 34.9 Å². The van der Waals surface area contributed by atoms with Crippen LogP contribution in [0.1, 0.15) is 61.1 Å². The average Bonchev–Trinajstić information content (AvgIpc) is 3.68. The number of hydrogen-bond donors (Lipinski definition) is 3. The van der Waals surface area contributed by atoms with Gasteiger partial charge in [0.15, 0.2) is 11.5 Å². The molecule has 1 aromatic carbocycles. The molecule has 1 aliphatic carbocycles. The average molecular weight is 598 g/mol. The van der Waals surface area contributed by atoms with Gasteiger partial charge < -0.3 is 20.7 Å². The number of carbonyl (C=O) groups is 2. The lowest BCUT2D eigenvalue weighted by molar-refractivity contribution is -0.143. The maximum Gasteiger partial charge on any atom is 0.316 e. The Balaban J connectivity index is 1.15. The predicted octanol–water partition coefficient (Wildman–Crippen LogP) is 4.36. The summed E-state index contributed by atoms with van der Waals surface area (Å²) < 4.78 is 6.71. The molecular formula is C32H39N9O3. The van der Waals surface area contributed by atoms with Gasteiger partial charge in [0.05, 0.1) is 34.9 Å². The Morgan fingerprint density at radius 3 is 2.61 bits per heavy atom. The van der Waals surface area contributed by atoms with Crippen molar-refractivity contribution >= 4 is 46.1 Å². The van der Waals surface area contributed by atoms with E-state index in [2.05, 4.69) is 49.8 Å². The molecule has 1 aliphatic heterocycles. The minimum atomic E-state index is -0.560. The van der Waals surface area contributed by atoms with Crippen LogP contribution in [0.4, 0.5) is 23.1 Å². The topological polar surface area (TPSA) is 139 Å². The van der Waals surface area contributed by atoms with Crippen molar-refractivity contribution in [2.45, 2.75) is 57.4 Å². The molecule has 2 aliphatic rings. The van der Waals surface area contributed by atoms with Gasteiger partial charge in [0.25, 0.3) is 5.91 Å². The van der Waals surface area contributed by atoms with E-state index in [0.29, 0.717) is 35.2 Å². The number of esters is 1. The fourth-order valence-corrected chi connectivity index (χ4v) is 6.04. The number of likely N-dealkylation sites (tertiary alicyclic amines) is 1. The highest BCUT2D eigenvalue weighted by atomic mass is 16.5. The fraction of sp³-hybridized carbons (Fsp3) is 0.438. The monoisotopic (exact) mass is 597 g/mol. The molecule has 0 spiro atoms. The number of nitrogens with one attached hydrogen (secondary N) is 3. The predicted molar refractivity (Wildman–Crippen MR) is 168 cm³/mol. The normalized spacial score (nSPS) is 16.9. The third kappa shape index (κ3) is 5.69. The zero-order valence-corrected chi connectivity index (χ0v) is 25.9. The molecule has 12 heteroatoms. The molecule has 1 saturated heterocycles. The number of carbonyl (C=O) groups excluding carboxylic acids is 2. The molecule has 0 bridgehead atoms. The number of ether oxygens (including phenoxy) is 1. The largest absolute Gasteiger partial charge is 0.468 e. The molecule has 3 N–H and O–H groups in total. The number of pyridine rings is 1. The summed E-state index contributed by atoms with van der Waals surface area (Å²) in [4.78, 5) is 41.4. The van der Waals surface area contributed by atoms with Crippen LogP contribution in [0.3, 0.4) is 0 Å². The molecule has 3 aromatic heterocycles. The second kappa shape index (κ2) is 11.5. The Morgan fingerprint density at radius 2 is 1.89 bits per heavy atom. The van der Waals surface area contributed by atoms with Gasteiger partial charge in [-0.15, -0.1) is 0 Å². The van der Waals surface area contributed by atoms with E-state index in [0.717, 1.165) is 48.3 Å². The number of methoxy groups -OCH3 is 1. The van der Waals surface area contributed by atoms with Gasteiger partial charge in [-0.3, -0.25) is 19.5 Å². The van der Waals surface area contributed by atoms with Crippen LogP contribution in [0, 0.1) is 6.92 Å². The first-order valence-electron chi connectivity index (χ1n) is 15.0. The van der Waals surface area contributed by atoms with E-state index in [1.165, 1.54) is 20.0 Å². The number of aromatic nitrogens is 5. The van der Waals surface area contributed by atoms with E-state index in [-0.39, 0.29) is 17.4 Å². The standard InChI is InChI=1S/C32H39N9O3/c1-20-25(16-21(18-34-20)28(42)33-13-15-41-14-7-10-31(41,2)3)37-26-24-19-35-30(38-27(24)40(4)39-26)36-23-9-6-8-22(17-23)32(11-12-32)29(43)44-5/h6,8-9,16-19H,7,10-15H2,1-5H3,(H,33,42)(H,37,39)(H,35,36,38). The lowest BCUT2D eigenvalue weighted by Gasteiger charge is -2.31. The van der Waals surface area contributed by atoms with Gasteiger partial charge in [0.1, 0.15) is 0 Å². The summed E-state index contributed by atoms with van der Waals surface area (Å²) in [5.41, 5.74) is 3.82. The van der Waals surface area contributed by atoms with Crippen LogP contribution >= 0.6 is 0 Å². The number of nitrogens with zero attached hydrogens (tertiary/aromatic N) is 6. The SMILES string of the molecule is COC(=O)C1(c2cccc(Nc3ncc4c(Nc5cc(C(=O)NCCN6CCCC6(C)C)cnc5C)nn(C)c4n3)c2)CC1. The summed E-state index contributed by atoms with van der Waals surface area (Å²) in [7, 11) is 3.24. The third-order valence-corrected chi connectivity index (χ3v) is 8.92. The van der Waals surface area contributed by atoms with Crippen LogP contribution in [0.25, 0.3) is 11.0 Å². The van der Waals surface area contributed by atoms with Crippen molar-refractivity contribution in [2.75, 3.05) is 37.4 Å². The van der Waals surface area contributed by atoms with E-state index >= 15 is 0 Å². The molecule has 2 fully saturated rings. The van der Waals surface area contributed by atoms with Crippen molar-refractivity contribution in [1.29, 1.82) is 0 Å². The molecule has 230 valence electrons. The lowest BCUT2D eigenvalue weighted by atomic mass is 9.96. The van der Waals surface area contributed by atoms with E-state index in [1.807, 2.05) is 38.2 Å². The lowest BCUT2D eigenvalue weighted by Crippen LogP contribution is -2.43. The van der Waals surface area contributed by atoms with Crippen molar-refractivity contribution in [2.24, 2.45) is 7.05 Å². The summed E-state index contributed by atoms with van der Waals surface area (Å²) in [6, 6.07) is 9.50. The van der Waals surface area contributed by atoms with Crippen molar-refractivity contribution in [3.8, 4) is 0 Å². The first-order chi connectivity index (χ1) is 21.1. The smallest absolute Gasteiger partial charge is 0.316 e. The number of fused-ring (bicyclic) bond motifs is 1. The molecule has 12 nitrogen and oxygen atoms in total. The summed E-state index contributed by atoms with van der Waals surface area (Å²) in [5, 5.41) is 15.0. The van der Waals surface area contributed by atoms with E-state index in [9.17, 15) is 9.59 Å². The quantitative estimate of drug-likeness (QED) is 0.226. The molecule has 0 radical (unpaired) electrons. The van der Waals surface area contributed by atoms with Crippen molar-refractivity contribution in [3.05, 3.63) is 59.5 Å². The maximum atomic E-state index is 13.0. The van der Waals surface area contributed by atoms with E-state index in [1.54, 1.807) is 23.1 Å². The van der Waals surface area contributed by atoms with Gasteiger partial charge in [-0.1, -0.05) is 12.1 Å². The summed E-state index contributed by atoms with van der Waals surface area (Å²) >= 11 is 0. The fourth-order valence-electron chi connectivity index (χ4n) is 6.04. The van der Waals surface area contributed by atoms with Crippen LogP contribution in [0.2, 0.25) is 0 Å². The van der Waals surface area contributed by atoms with Gasteiger partial charge in [-0.05, 0) is 76.8 Å².